The molecule has 19 nitrogen and oxygen atoms in total. The zero-order valence-corrected chi connectivity index (χ0v) is 32.2. The molecule has 13 N–H and O–H groups in total. The first-order valence-electron chi connectivity index (χ1n) is 18.3. The lowest BCUT2D eigenvalue weighted by atomic mass is 9.85. The lowest BCUT2D eigenvalue weighted by Crippen LogP contribution is -2.52. The number of carboxylic acid groups (broad SMARTS) is 1. The largest absolute Gasteiger partial charge is 0.481 e. The quantitative estimate of drug-likeness (QED) is 0.0277. The van der Waals surface area contributed by atoms with E-state index in [1.165, 1.54) is 13.8 Å². The van der Waals surface area contributed by atoms with Crippen LogP contribution in [0.3, 0.4) is 0 Å². The molecule has 0 bridgehead atoms. The van der Waals surface area contributed by atoms with Crippen LogP contribution in [0.25, 0.3) is 0 Å². The Kier molecular flexibility index (Phi) is 19.8. The lowest BCUT2D eigenvalue weighted by molar-refractivity contribution is -0.142. The van der Waals surface area contributed by atoms with Gasteiger partial charge in [-0.05, 0) is 51.4 Å². The number of ketones is 2. The second-order valence-electron chi connectivity index (χ2n) is 14.8. The normalized spacial score (nSPS) is 18.1. The highest BCUT2D eigenvalue weighted by Gasteiger charge is 2.42. The highest BCUT2D eigenvalue weighted by atomic mass is 16.4. The van der Waals surface area contributed by atoms with Gasteiger partial charge in [-0.25, -0.2) is 0 Å². The summed E-state index contributed by atoms with van der Waals surface area (Å²) >= 11 is 0. The minimum Gasteiger partial charge on any atom is -0.481 e. The van der Waals surface area contributed by atoms with E-state index in [2.05, 4.69) is 20.9 Å². The van der Waals surface area contributed by atoms with Crippen LogP contribution in [0.1, 0.15) is 92.9 Å². The molecule has 1 aliphatic heterocycles. The molecule has 1 fully saturated rings. The molecule has 0 unspecified atom stereocenters. The Morgan fingerprint density at radius 2 is 1.52 bits per heavy atom. The molecule has 0 aromatic carbocycles. The smallest absolute Gasteiger partial charge is 0.303 e. The van der Waals surface area contributed by atoms with Crippen molar-refractivity contribution >= 4 is 53.0 Å². The highest BCUT2D eigenvalue weighted by molar-refractivity contribution is 5.97. The van der Waals surface area contributed by atoms with Crippen molar-refractivity contribution < 1.29 is 48.6 Å². The number of amides is 5. The summed E-state index contributed by atoms with van der Waals surface area (Å²) in [5.41, 5.74) is 21.8. The molecular formula is C35H61N9O10. The van der Waals surface area contributed by atoms with Crippen LogP contribution in [-0.4, -0.2) is 118 Å². The Morgan fingerprint density at radius 3 is 2.04 bits per heavy atom. The van der Waals surface area contributed by atoms with E-state index in [0.717, 1.165) is 4.90 Å². The number of carbonyl (C=O) groups is 8. The van der Waals surface area contributed by atoms with Crippen LogP contribution < -0.4 is 38.9 Å². The number of aliphatic hydroxyl groups is 1. The average Bonchev–Trinajstić information content (AvgIpc) is 3.40. The molecule has 1 rings (SSSR count). The predicted molar refractivity (Wildman–Crippen MR) is 198 cm³/mol. The number of hydrogen-bond donors (Lipinski definition) is 9. The summed E-state index contributed by atoms with van der Waals surface area (Å²) in [6, 6.07) is -5.29. The molecule has 0 radical (unpaired) electrons. The monoisotopic (exact) mass is 767 g/mol. The number of aliphatic hydroxyl groups excluding tert-OH is 1. The zero-order valence-electron chi connectivity index (χ0n) is 32.2. The lowest BCUT2D eigenvalue weighted by Gasteiger charge is -2.31. The number of carbonyl (C=O) groups excluding carboxylic acids is 7. The Morgan fingerprint density at radius 1 is 0.889 bits per heavy atom. The van der Waals surface area contributed by atoms with Gasteiger partial charge in [0.1, 0.15) is 12.1 Å². The van der Waals surface area contributed by atoms with E-state index in [1.54, 1.807) is 13.8 Å². The van der Waals surface area contributed by atoms with E-state index in [0.29, 0.717) is 6.42 Å². The molecule has 306 valence electrons. The van der Waals surface area contributed by atoms with Gasteiger partial charge < -0.3 is 54.0 Å². The molecule has 0 aromatic heterocycles. The van der Waals surface area contributed by atoms with Gasteiger partial charge in [0, 0.05) is 50.6 Å². The van der Waals surface area contributed by atoms with Gasteiger partial charge in [-0.1, -0.05) is 27.7 Å². The van der Waals surface area contributed by atoms with Gasteiger partial charge >= 0.3 is 5.97 Å². The average molecular weight is 768 g/mol. The maximum Gasteiger partial charge on any atom is 0.303 e. The zero-order chi connectivity index (χ0) is 41.4. The Bertz CT molecular complexity index is 1380. The van der Waals surface area contributed by atoms with Crippen LogP contribution in [0.4, 0.5) is 0 Å². The molecule has 0 saturated carbocycles. The van der Waals surface area contributed by atoms with Crippen LogP contribution in [0.5, 0.6) is 0 Å². The second kappa shape index (κ2) is 22.5. The molecule has 5 amide bonds. The minimum absolute atomic E-state index is 0.0396. The summed E-state index contributed by atoms with van der Waals surface area (Å²) in [5.74, 6) is -8.17. The molecule has 0 aromatic rings. The minimum atomic E-state index is -1.36. The number of nitrogens with two attached hydrogens (primary N) is 4. The van der Waals surface area contributed by atoms with E-state index in [9.17, 15) is 48.6 Å². The maximum atomic E-state index is 13.8. The number of Topliss-reactive ketones (excluding diaryl/α,β-unsaturated/α-hetero) is 2. The molecule has 1 aliphatic rings. The van der Waals surface area contributed by atoms with Gasteiger partial charge in [0.05, 0.1) is 24.2 Å². The summed E-state index contributed by atoms with van der Waals surface area (Å²) in [5, 5.41) is 27.8. The summed E-state index contributed by atoms with van der Waals surface area (Å²) in [6.07, 6.45) is -2.13. The van der Waals surface area contributed by atoms with Gasteiger partial charge in [0.25, 0.3) is 0 Å². The number of aliphatic carboxylic acids is 1. The van der Waals surface area contributed by atoms with Crippen LogP contribution in [-0.2, 0) is 38.4 Å². The topological polar surface area (TPSA) is 333 Å². The standard InChI is InChI=1S/C35H61N9O10/c1-17(2)12-21(32(52)41-19(5)31(37)51)13-26(46)25(9-10-29(49)50)43-33(53)23(18(3)4)15-27(47)30(20(6)45)44-16-22(14-28(44)48)42-34(54)24(36)8-7-11-40-35(38)39/h17-25,30,45H,7-16,36H2,1-6H3,(H2,37,51)(H,41,52)(H,42,54)(H,43,53)(H,49,50)(H4,38,39,40)/t19-,20-,21+,22-,23-,24-,25-,30-/m1/s1. The van der Waals surface area contributed by atoms with Crippen molar-refractivity contribution in [2.75, 3.05) is 13.1 Å². The molecule has 8 atom stereocenters. The summed E-state index contributed by atoms with van der Waals surface area (Å²) < 4.78 is 0. The van der Waals surface area contributed by atoms with Crippen molar-refractivity contribution in [3.8, 4) is 0 Å². The van der Waals surface area contributed by atoms with E-state index >= 15 is 0 Å². The number of carboxylic acids is 1. The summed E-state index contributed by atoms with van der Waals surface area (Å²) in [6.45, 7) is 9.90. The molecule has 1 heterocycles. The van der Waals surface area contributed by atoms with Crippen molar-refractivity contribution in [3.63, 3.8) is 0 Å². The number of aliphatic imine (C=N–C) groups is 1. The fraction of sp³-hybridized carbons (Fsp3) is 0.743. The van der Waals surface area contributed by atoms with E-state index in [-0.39, 0.29) is 57.1 Å². The maximum absolute atomic E-state index is 13.8. The third-order valence-corrected chi connectivity index (χ3v) is 9.21. The van der Waals surface area contributed by atoms with Gasteiger partial charge in [-0.15, -0.1) is 0 Å². The Labute approximate surface area is 316 Å². The number of guanidine groups is 1. The molecule has 54 heavy (non-hydrogen) atoms. The molecule has 1 saturated heterocycles. The van der Waals surface area contributed by atoms with E-state index in [4.69, 9.17) is 22.9 Å². The fourth-order valence-electron chi connectivity index (χ4n) is 6.23. The number of hydrogen-bond acceptors (Lipinski definition) is 11. The van der Waals surface area contributed by atoms with Gasteiger partial charge in [-0.3, -0.25) is 43.3 Å². The van der Waals surface area contributed by atoms with Gasteiger partial charge in [0.15, 0.2) is 17.5 Å². The van der Waals surface area contributed by atoms with E-state index < -0.39 is 114 Å². The van der Waals surface area contributed by atoms with Crippen molar-refractivity contribution in [3.05, 3.63) is 0 Å². The molecule has 19 heteroatoms. The first-order chi connectivity index (χ1) is 25.0. The third kappa shape index (κ3) is 16.2. The Balaban J connectivity index is 3.13. The van der Waals surface area contributed by atoms with Crippen molar-refractivity contribution in [1.29, 1.82) is 0 Å². The first kappa shape index (κ1) is 47.4. The second-order valence-corrected chi connectivity index (χ2v) is 14.8. The summed E-state index contributed by atoms with van der Waals surface area (Å²) in [4.78, 5) is 108. The number of rotatable bonds is 25. The number of primary amides is 1. The summed E-state index contributed by atoms with van der Waals surface area (Å²) in [7, 11) is 0. The molecule has 0 spiro atoms. The molecular weight excluding hydrogens is 706 g/mol. The Hall–Kier alpha value is -4.65. The van der Waals surface area contributed by atoms with E-state index in [1.807, 2.05) is 13.8 Å². The number of likely N-dealkylation sites (tertiary alicyclic amines) is 1. The van der Waals surface area contributed by atoms with Crippen molar-refractivity contribution in [2.45, 2.75) is 129 Å². The van der Waals surface area contributed by atoms with Crippen molar-refractivity contribution in [1.82, 2.24) is 20.9 Å². The van der Waals surface area contributed by atoms with Crippen LogP contribution >= 0.6 is 0 Å². The fourth-order valence-corrected chi connectivity index (χ4v) is 6.23. The first-order valence-corrected chi connectivity index (χ1v) is 18.3. The SMILES string of the molecule is CC(C)C[C@@H](CC(=O)[C@@H](CCC(=O)O)NC(=O)[C@H](CC(=O)[C@@H]([C@@H](C)O)N1C[C@H](NC(=O)[C@H](N)CCCN=C(N)N)CC1=O)C(C)C)C(=O)N[C@H](C)C(N)=O. The molecule has 0 aliphatic carbocycles. The van der Waals surface area contributed by atoms with Crippen LogP contribution in [0.15, 0.2) is 4.99 Å². The highest BCUT2D eigenvalue weighted by Crippen LogP contribution is 2.24. The predicted octanol–water partition coefficient (Wildman–Crippen LogP) is -1.97. The van der Waals surface area contributed by atoms with Crippen LogP contribution in [0.2, 0.25) is 0 Å². The number of nitrogens with one attached hydrogen (secondary N) is 3. The van der Waals surface area contributed by atoms with Crippen LogP contribution in [0, 0.1) is 23.7 Å². The number of nitrogens with zero attached hydrogens (tertiary/aromatic N) is 2. The third-order valence-electron chi connectivity index (χ3n) is 9.21. The van der Waals surface area contributed by atoms with Gasteiger partial charge in [-0.2, -0.15) is 0 Å². The van der Waals surface area contributed by atoms with Crippen molar-refractivity contribution in [2.24, 2.45) is 51.6 Å². The van der Waals surface area contributed by atoms with Gasteiger partial charge in [0.2, 0.25) is 29.5 Å².